The predicted molar refractivity (Wildman–Crippen MR) is 101 cm³/mol. The SMILES string of the molecule is COc1ccc([C@@H]2CC(=O)NC[C@H]2NC(=O)Nc2ccc(Cl)cc2)c(F)c1. The minimum Gasteiger partial charge on any atom is -0.497 e. The van der Waals surface area contributed by atoms with E-state index < -0.39 is 23.8 Å². The third kappa shape index (κ3) is 4.68. The van der Waals surface area contributed by atoms with Crippen LogP contribution in [0.5, 0.6) is 5.75 Å². The molecule has 2 aromatic rings. The van der Waals surface area contributed by atoms with Gasteiger partial charge < -0.3 is 20.7 Å². The number of rotatable bonds is 4. The number of hydrogen-bond acceptors (Lipinski definition) is 3. The van der Waals surface area contributed by atoms with Gasteiger partial charge in [-0.2, -0.15) is 0 Å². The average molecular weight is 392 g/mol. The number of nitrogens with one attached hydrogen (secondary N) is 3. The number of urea groups is 1. The Balaban J connectivity index is 1.74. The van der Waals surface area contributed by atoms with Gasteiger partial charge in [-0.1, -0.05) is 17.7 Å². The molecule has 1 heterocycles. The van der Waals surface area contributed by atoms with Crippen molar-refractivity contribution in [2.45, 2.75) is 18.4 Å². The average Bonchev–Trinajstić information content (AvgIpc) is 2.65. The maximum atomic E-state index is 14.5. The molecule has 0 radical (unpaired) electrons. The van der Waals surface area contributed by atoms with E-state index >= 15 is 0 Å². The summed E-state index contributed by atoms with van der Waals surface area (Å²) >= 11 is 5.83. The van der Waals surface area contributed by atoms with E-state index in [-0.39, 0.29) is 18.9 Å². The van der Waals surface area contributed by atoms with Crippen molar-refractivity contribution >= 4 is 29.2 Å². The van der Waals surface area contributed by atoms with Crippen LogP contribution in [-0.2, 0) is 4.79 Å². The van der Waals surface area contributed by atoms with Gasteiger partial charge in [0.1, 0.15) is 11.6 Å². The number of benzene rings is 2. The van der Waals surface area contributed by atoms with Crippen LogP contribution in [0.15, 0.2) is 42.5 Å². The molecule has 0 aliphatic carbocycles. The summed E-state index contributed by atoms with van der Waals surface area (Å²) in [7, 11) is 1.45. The Kier molecular flexibility index (Phi) is 5.81. The molecule has 0 spiro atoms. The van der Waals surface area contributed by atoms with E-state index in [9.17, 15) is 14.0 Å². The van der Waals surface area contributed by atoms with Crippen molar-refractivity contribution in [3.63, 3.8) is 0 Å². The van der Waals surface area contributed by atoms with Gasteiger partial charge in [0.2, 0.25) is 5.91 Å². The number of hydrogen-bond donors (Lipinski definition) is 3. The molecule has 0 aromatic heterocycles. The Hall–Kier alpha value is -2.80. The van der Waals surface area contributed by atoms with Crippen LogP contribution in [0, 0.1) is 5.82 Å². The molecule has 2 atom stereocenters. The van der Waals surface area contributed by atoms with Gasteiger partial charge in [0.05, 0.1) is 13.2 Å². The lowest BCUT2D eigenvalue weighted by molar-refractivity contribution is -0.123. The second kappa shape index (κ2) is 8.26. The molecule has 0 bridgehead atoms. The lowest BCUT2D eigenvalue weighted by atomic mass is 9.85. The highest BCUT2D eigenvalue weighted by molar-refractivity contribution is 6.30. The summed E-state index contributed by atoms with van der Waals surface area (Å²) in [6.07, 6.45) is 0.0785. The molecule has 1 aliphatic rings. The summed E-state index contributed by atoms with van der Waals surface area (Å²) in [6, 6.07) is 10.2. The molecule has 3 N–H and O–H groups in total. The first-order chi connectivity index (χ1) is 13.0. The zero-order valence-electron chi connectivity index (χ0n) is 14.6. The maximum Gasteiger partial charge on any atom is 0.319 e. The molecule has 8 heteroatoms. The van der Waals surface area contributed by atoms with Crippen LogP contribution in [0.1, 0.15) is 17.9 Å². The molecule has 2 aromatic carbocycles. The molecule has 0 saturated carbocycles. The number of anilines is 1. The van der Waals surface area contributed by atoms with Gasteiger partial charge >= 0.3 is 6.03 Å². The number of piperidine rings is 1. The summed E-state index contributed by atoms with van der Waals surface area (Å²) in [5, 5.41) is 8.77. The van der Waals surface area contributed by atoms with Crippen molar-refractivity contribution in [1.29, 1.82) is 0 Å². The number of ether oxygens (including phenoxy) is 1. The molecule has 27 heavy (non-hydrogen) atoms. The van der Waals surface area contributed by atoms with Gasteiger partial charge in [-0.25, -0.2) is 9.18 Å². The van der Waals surface area contributed by atoms with E-state index in [1.165, 1.54) is 13.2 Å². The molecule has 3 amide bonds. The minimum atomic E-state index is -0.486. The van der Waals surface area contributed by atoms with Crippen molar-refractivity contribution in [3.05, 3.63) is 58.9 Å². The second-order valence-corrected chi connectivity index (χ2v) is 6.65. The van der Waals surface area contributed by atoms with Crippen LogP contribution < -0.4 is 20.7 Å². The molecule has 1 saturated heterocycles. The summed E-state index contributed by atoms with van der Waals surface area (Å²) in [5.74, 6) is -0.757. The number of halogens is 2. The highest BCUT2D eigenvalue weighted by Gasteiger charge is 2.33. The molecular formula is C19H19ClFN3O3. The topological polar surface area (TPSA) is 79.5 Å². The fraction of sp³-hybridized carbons (Fsp3) is 0.263. The minimum absolute atomic E-state index is 0.0785. The normalized spacial score (nSPS) is 19.1. The Bertz CT molecular complexity index is 845. The molecule has 1 aliphatic heterocycles. The van der Waals surface area contributed by atoms with Crippen LogP contribution >= 0.6 is 11.6 Å². The Labute approximate surface area is 161 Å². The van der Waals surface area contributed by atoms with Gasteiger partial charge in [-0.05, 0) is 35.9 Å². The van der Waals surface area contributed by atoms with E-state index in [0.29, 0.717) is 22.0 Å². The summed E-state index contributed by atoms with van der Waals surface area (Å²) < 4.78 is 19.5. The van der Waals surface area contributed by atoms with E-state index in [2.05, 4.69) is 16.0 Å². The van der Waals surface area contributed by atoms with Gasteiger partial charge in [0.15, 0.2) is 0 Å². The van der Waals surface area contributed by atoms with Gasteiger partial charge in [-0.3, -0.25) is 4.79 Å². The number of carbonyl (C=O) groups is 2. The van der Waals surface area contributed by atoms with E-state index in [1.54, 1.807) is 36.4 Å². The lowest BCUT2D eigenvalue weighted by Crippen LogP contribution is -2.53. The largest absolute Gasteiger partial charge is 0.497 e. The van der Waals surface area contributed by atoms with Gasteiger partial charge in [0, 0.05) is 35.7 Å². The lowest BCUT2D eigenvalue weighted by Gasteiger charge is -2.32. The van der Waals surface area contributed by atoms with E-state index in [0.717, 1.165) is 0 Å². The maximum absolute atomic E-state index is 14.5. The zero-order chi connectivity index (χ0) is 19.4. The standard InChI is InChI=1S/C19H19ClFN3O3/c1-27-13-6-7-14(16(21)8-13)15-9-18(25)22-10-17(15)24-19(26)23-12-4-2-11(20)3-5-12/h2-8,15,17H,9-10H2,1H3,(H,22,25)(H2,23,24,26)/t15-,17+/m0/s1. The van der Waals surface area contributed by atoms with Crippen molar-refractivity contribution in [3.8, 4) is 5.75 Å². The number of amides is 3. The third-order valence-corrected chi connectivity index (χ3v) is 4.69. The van der Waals surface area contributed by atoms with E-state index in [4.69, 9.17) is 16.3 Å². The van der Waals surface area contributed by atoms with Crippen LogP contribution in [0.25, 0.3) is 0 Å². The molecule has 6 nitrogen and oxygen atoms in total. The fourth-order valence-electron chi connectivity index (χ4n) is 3.06. The van der Waals surface area contributed by atoms with Gasteiger partial charge in [-0.15, -0.1) is 0 Å². The quantitative estimate of drug-likeness (QED) is 0.748. The number of methoxy groups -OCH3 is 1. The van der Waals surface area contributed by atoms with Crippen LogP contribution in [0.2, 0.25) is 5.02 Å². The summed E-state index contributed by atoms with van der Waals surface area (Å²) in [5.41, 5.74) is 0.936. The Morgan fingerprint density at radius 1 is 1.26 bits per heavy atom. The van der Waals surface area contributed by atoms with Gasteiger partial charge in [0.25, 0.3) is 0 Å². The highest BCUT2D eigenvalue weighted by Crippen LogP contribution is 2.30. The Morgan fingerprint density at radius 3 is 2.67 bits per heavy atom. The van der Waals surface area contributed by atoms with Crippen LogP contribution in [-0.4, -0.2) is 31.6 Å². The molecule has 0 unspecified atom stereocenters. The van der Waals surface area contributed by atoms with E-state index in [1.807, 2.05) is 0 Å². The Morgan fingerprint density at radius 2 is 2.00 bits per heavy atom. The van der Waals surface area contributed by atoms with Crippen molar-refractivity contribution in [2.24, 2.45) is 0 Å². The first kappa shape index (κ1) is 19.0. The smallest absolute Gasteiger partial charge is 0.319 e. The van der Waals surface area contributed by atoms with Crippen LogP contribution in [0.3, 0.4) is 0 Å². The summed E-state index contributed by atoms with van der Waals surface area (Å²) in [6.45, 7) is 0.211. The fourth-order valence-corrected chi connectivity index (χ4v) is 3.19. The zero-order valence-corrected chi connectivity index (χ0v) is 15.3. The third-order valence-electron chi connectivity index (χ3n) is 4.44. The molecule has 1 fully saturated rings. The van der Waals surface area contributed by atoms with Crippen molar-refractivity contribution in [2.75, 3.05) is 19.0 Å². The molecule has 142 valence electrons. The number of carbonyl (C=O) groups excluding carboxylic acids is 2. The summed E-state index contributed by atoms with van der Waals surface area (Å²) in [4.78, 5) is 24.2. The molecule has 3 rings (SSSR count). The van der Waals surface area contributed by atoms with Crippen molar-refractivity contribution in [1.82, 2.24) is 10.6 Å². The van der Waals surface area contributed by atoms with Crippen LogP contribution in [0.4, 0.5) is 14.9 Å². The first-order valence-electron chi connectivity index (χ1n) is 8.39. The second-order valence-electron chi connectivity index (χ2n) is 6.21. The first-order valence-corrected chi connectivity index (χ1v) is 8.77. The van der Waals surface area contributed by atoms with Crippen molar-refractivity contribution < 1.29 is 18.7 Å². The highest BCUT2D eigenvalue weighted by atomic mass is 35.5. The molecular weight excluding hydrogens is 373 g/mol. The predicted octanol–water partition coefficient (Wildman–Crippen LogP) is 3.28. The monoisotopic (exact) mass is 391 g/mol.